The summed E-state index contributed by atoms with van der Waals surface area (Å²) in [4.78, 5) is 36.6. The fraction of sp³-hybridized carbons (Fsp3) is 0.611. The van der Waals surface area contributed by atoms with E-state index >= 15 is 0 Å². The van der Waals surface area contributed by atoms with Crippen LogP contribution >= 0.6 is 0 Å². The molecule has 27 heavy (non-hydrogen) atoms. The van der Waals surface area contributed by atoms with E-state index in [1.54, 1.807) is 6.92 Å². The second-order valence-electron chi connectivity index (χ2n) is 7.26. The van der Waals surface area contributed by atoms with Gasteiger partial charge in [0.05, 0.1) is 18.1 Å². The van der Waals surface area contributed by atoms with Crippen molar-refractivity contribution in [1.82, 2.24) is 15.5 Å². The molecule has 5 atom stereocenters. The van der Waals surface area contributed by atoms with Crippen molar-refractivity contribution < 1.29 is 29.3 Å². The Morgan fingerprint density at radius 3 is 2.74 bits per heavy atom. The van der Waals surface area contributed by atoms with Crippen molar-refractivity contribution in [3.05, 3.63) is 22.9 Å². The van der Waals surface area contributed by atoms with Gasteiger partial charge in [-0.15, -0.1) is 0 Å². The van der Waals surface area contributed by atoms with Gasteiger partial charge in [-0.25, -0.2) is 9.59 Å². The van der Waals surface area contributed by atoms with Crippen molar-refractivity contribution in [3.63, 3.8) is 0 Å². The molecule has 2 amide bonds. The molecule has 3 aliphatic rings. The molecule has 9 nitrogen and oxygen atoms in total. The number of aliphatic carboxylic acids is 1. The van der Waals surface area contributed by atoms with Gasteiger partial charge in [-0.1, -0.05) is 6.08 Å². The van der Waals surface area contributed by atoms with E-state index < -0.39 is 24.1 Å². The third kappa shape index (κ3) is 3.44. The van der Waals surface area contributed by atoms with Crippen LogP contribution in [-0.2, 0) is 14.3 Å². The van der Waals surface area contributed by atoms with Crippen molar-refractivity contribution in [2.45, 2.75) is 51.0 Å². The molecule has 0 aromatic heterocycles. The number of aliphatic hydroxyl groups is 1. The average molecular weight is 379 g/mol. The minimum absolute atomic E-state index is 0.00630. The molecule has 2 saturated heterocycles. The van der Waals surface area contributed by atoms with Gasteiger partial charge in [0.15, 0.2) is 0 Å². The second-order valence-corrected chi connectivity index (χ2v) is 7.26. The maximum Gasteiger partial charge on any atom is 0.407 e. The van der Waals surface area contributed by atoms with Crippen molar-refractivity contribution in [2.75, 3.05) is 13.6 Å². The number of aliphatic hydroxyl groups excluding tert-OH is 1. The van der Waals surface area contributed by atoms with Crippen molar-refractivity contribution in [2.24, 2.45) is 5.92 Å². The summed E-state index contributed by atoms with van der Waals surface area (Å²) in [5.74, 6) is -2.04. The van der Waals surface area contributed by atoms with E-state index in [0.717, 1.165) is 5.57 Å². The molecule has 3 heterocycles. The number of rotatable bonds is 5. The molecule has 0 spiro atoms. The fourth-order valence-corrected chi connectivity index (χ4v) is 4.18. The smallest absolute Gasteiger partial charge is 0.407 e. The van der Waals surface area contributed by atoms with Crippen LogP contribution in [0.1, 0.15) is 26.7 Å². The first-order chi connectivity index (χ1) is 12.7. The van der Waals surface area contributed by atoms with E-state index in [1.807, 2.05) is 13.0 Å². The van der Waals surface area contributed by atoms with E-state index in [-0.39, 0.29) is 29.8 Å². The van der Waals surface area contributed by atoms with Crippen LogP contribution in [0.25, 0.3) is 0 Å². The number of carbonyl (C=O) groups excluding carboxylic acids is 2. The zero-order chi connectivity index (χ0) is 19.9. The highest BCUT2D eigenvalue weighted by Gasteiger charge is 2.56. The lowest BCUT2D eigenvalue weighted by molar-refractivity contribution is -0.161. The number of carboxylic acid groups (broad SMARTS) is 1. The number of ether oxygens (including phenoxy) is 1. The number of hydrogen-bond donors (Lipinski definition) is 4. The van der Waals surface area contributed by atoms with Gasteiger partial charge in [-0.3, -0.25) is 4.79 Å². The number of carboxylic acids is 1. The maximum absolute atomic E-state index is 12.3. The molecule has 3 rings (SSSR count). The van der Waals surface area contributed by atoms with Gasteiger partial charge < -0.3 is 30.5 Å². The highest BCUT2D eigenvalue weighted by molar-refractivity contribution is 6.00. The second kappa shape index (κ2) is 7.32. The summed E-state index contributed by atoms with van der Waals surface area (Å²) in [5.41, 5.74) is 1.39. The monoisotopic (exact) mass is 379 g/mol. The molecule has 0 aromatic rings. The van der Waals surface area contributed by atoms with Gasteiger partial charge in [-0.2, -0.15) is 0 Å². The average Bonchev–Trinajstić information content (AvgIpc) is 3.16. The summed E-state index contributed by atoms with van der Waals surface area (Å²) in [5, 5.41) is 25.1. The third-order valence-corrected chi connectivity index (χ3v) is 5.46. The summed E-state index contributed by atoms with van der Waals surface area (Å²) in [6.45, 7) is 3.89. The molecule has 0 unspecified atom stereocenters. The maximum atomic E-state index is 12.3. The lowest BCUT2D eigenvalue weighted by atomic mass is 9.82. The highest BCUT2D eigenvalue weighted by Crippen LogP contribution is 2.45. The number of nitrogens with one attached hydrogen (secondary N) is 2. The van der Waals surface area contributed by atoms with Gasteiger partial charge >= 0.3 is 12.1 Å². The molecule has 9 heteroatoms. The minimum atomic E-state index is -1.14. The van der Waals surface area contributed by atoms with E-state index in [0.29, 0.717) is 25.0 Å². The summed E-state index contributed by atoms with van der Waals surface area (Å²) in [7, 11) is 1.50. The Balaban J connectivity index is 1.75. The zero-order valence-corrected chi connectivity index (χ0v) is 15.6. The lowest BCUT2D eigenvalue weighted by Crippen LogP contribution is -2.61. The van der Waals surface area contributed by atoms with Gasteiger partial charge in [-0.05, 0) is 31.4 Å². The van der Waals surface area contributed by atoms with Gasteiger partial charge in [0.1, 0.15) is 11.8 Å². The van der Waals surface area contributed by atoms with Crippen LogP contribution in [0.4, 0.5) is 4.79 Å². The van der Waals surface area contributed by atoms with Gasteiger partial charge in [0.2, 0.25) is 5.91 Å². The molecule has 0 aliphatic carbocycles. The fourth-order valence-electron chi connectivity index (χ4n) is 4.18. The molecule has 0 saturated carbocycles. The Bertz CT molecular complexity index is 729. The third-order valence-electron chi connectivity index (χ3n) is 5.46. The first-order valence-corrected chi connectivity index (χ1v) is 9.02. The summed E-state index contributed by atoms with van der Waals surface area (Å²) in [6.07, 6.45) is 1.37. The quantitative estimate of drug-likeness (QED) is 0.494. The topological polar surface area (TPSA) is 128 Å². The molecular formula is C18H25N3O6. The molecule has 3 aliphatic heterocycles. The predicted octanol–water partition coefficient (Wildman–Crippen LogP) is -0.0306. The number of alkyl carbamates (subject to hydrolysis) is 1. The van der Waals surface area contributed by atoms with Gasteiger partial charge in [0, 0.05) is 26.1 Å². The molecular weight excluding hydrogens is 354 g/mol. The Kier molecular flexibility index (Phi) is 5.25. The summed E-state index contributed by atoms with van der Waals surface area (Å²) < 4.78 is 5.23. The van der Waals surface area contributed by atoms with Crippen molar-refractivity contribution in [1.29, 1.82) is 0 Å². The van der Waals surface area contributed by atoms with E-state index in [1.165, 1.54) is 11.9 Å². The number of fused-ring (bicyclic) bond motifs is 1. The van der Waals surface area contributed by atoms with Gasteiger partial charge in [0.25, 0.3) is 0 Å². The Morgan fingerprint density at radius 1 is 1.44 bits per heavy atom. The summed E-state index contributed by atoms with van der Waals surface area (Å²) >= 11 is 0. The normalized spacial score (nSPS) is 31.5. The van der Waals surface area contributed by atoms with Crippen LogP contribution in [0.3, 0.4) is 0 Å². The van der Waals surface area contributed by atoms with E-state index in [4.69, 9.17) is 4.74 Å². The number of hydrogen-bond acceptors (Lipinski definition) is 6. The number of β-lactam (4-membered cyclic amide) rings is 1. The number of carbonyl (C=O) groups is 3. The SMILES string of the molecule is CNC(=O)O[C@H]1CN[C@H](C=C(C)C2=C(C(=O)O)N3C(=O)[C@H]([C@@H](C)O)[C@H]3C2)C1. The predicted molar refractivity (Wildman–Crippen MR) is 94.6 cm³/mol. The van der Waals surface area contributed by atoms with Crippen LogP contribution in [0.5, 0.6) is 0 Å². The van der Waals surface area contributed by atoms with Crippen LogP contribution in [0, 0.1) is 5.92 Å². The molecule has 0 aromatic carbocycles. The van der Waals surface area contributed by atoms with Crippen LogP contribution in [0.15, 0.2) is 22.9 Å². The standard InChI is InChI=1S/C18H25N3O6/c1-8(4-10-5-11(7-20-10)27-18(26)19-3)12-6-13-14(9(2)22)16(23)21(13)15(12)17(24)25/h4,9-11,13-14,20,22H,5-7H2,1-3H3,(H,19,26)(H,24,25)/t9-,10-,11-,13-,14-/m1/s1. The van der Waals surface area contributed by atoms with Crippen LogP contribution < -0.4 is 10.6 Å². The Labute approximate surface area is 157 Å². The number of nitrogens with zero attached hydrogens (tertiary/aromatic N) is 1. The highest BCUT2D eigenvalue weighted by atomic mass is 16.6. The first kappa shape index (κ1) is 19.4. The first-order valence-electron chi connectivity index (χ1n) is 9.02. The van der Waals surface area contributed by atoms with E-state index in [2.05, 4.69) is 10.6 Å². The van der Waals surface area contributed by atoms with Crippen LogP contribution in [0.2, 0.25) is 0 Å². The largest absolute Gasteiger partial charge is 0.477 e. The Hall–Kier alpha value is -2.39. The molecule has 0 radical (unpaired) electrons. The van der Waals surface area contributed by atoms with Crippen molar-refractivity contribution >= 4 is 18.0 Å². The zero-order valence-electron chi connectivity index (χ0n) is 15.6. The molecule has 148 valence electrons. The lowest BCUT2D eigenvalue weighted by Gasteiger charge is -2.44. The number of allylic oxidation sites excluding steroid dienone is 1. The molecule has 0 bridgehead atoms. The number of amides is 2. The summed E-state index contributed by atoms with van der Waals surface area (Å²) in [6, 6.07) is -0.360. The molecule has 2 fully saturated rings. The molecule has 4 N–H and O–H groups in total. The Morgan fingerprint density at radius 2 is 2.15 bits per heavy atom. The van der Waals surface area contributed by atoms with Crippen molar-refractivity contribution in [3.8, 4) is 0 Å². The minimum Gasteiger partial charge on any atom is -0.477 e. The van der Waals surface area contributed by atoms with Crippen LogP contribution in [-0.4, -0.2) is 71.0 Å². The van der Waals surface area contributed by atoms with E-state index in [9.17, 15) is 24.6 Å².